The second kappa shape index (κ2) is 7.49. The highest BCUT2D eigenvalue weighted by atomic mass is 16.6. The van der Waals surface area contributed by atoms with Crippen molar-refractivity contribution in [2.75, 3.05) is 26.3 Å². The van der Waals surface area contributed by atoms with Crippen molar-refractivity contribution in [1.29, 1.82) is 0 Å². The Hall–Kier alpha value is -1.34. The number of nitrogens with zero attached hydrogens (tertiary/aromatic N) is 1. The molecule has 1 heterocycles. The molecule has 1 rings (SSSR count). The van der Waals surface area contributed by atoms with Crippen molar-refractivity contribution in [3.05, 3.63) is 0 Å². The van der Waals surface area contributed by atoms with Crippen molar-refractivity contribution in [1.82, 2.24) is 4.90 Å². The number of ether oxygens (including phenoxy) is 3. The highest BCUT2D eigenvalue weighted by Gasteiger charge is 2.39. The van der Waals surface area contributed by atoms with Gasteiger partial charge in [-0.1, -0.05) is 13.8 Å². The summed E-state index contributed by atoms with van der Waals surface area (Å²) < 4.78 is 16.7. The van der Waals surface area contributed by atoms with Gasteiger partial charge < -0.3 is 24.2 Å². The van der Waals surface area contributed by atoms with Gasteiger partial charge in [0.2, 0.25) is 0 Å². The van der Waals surface area contributed by atoms with Crippen LogP contribution in [0.2, 0.25) is 0 Å². The molecule has 0 aliphatic carbocycles. The van der Waals surface area contributed by atoms with Gasteiger partial charge in [-0.3, -0.25) is 0 Å². The van der Waals surface area contributed by atoms with Crippen LogP contribution in [0.1, 0.15) is 41.5 Å². The number of carbonyl (C=O) groups excluding carboxylic acids is 1. The molecule has 0 aromatic heterocycles. The first kappa shape index (κ1) is 19.7. The minimum Gasteiger partial charge on any atom is -0.479 e. The van der Waals surface area contributed by atoms with Crippen LogP contribution in [-0.2, 0) is 19.0 Å². The maximum atomic E-state index is 12.4. The third-order valence-corrected chi connectivity index (χ3v) is 3.19. The molecule has 1 amide bonds. The molecule has 2 atom stereocenters. The lowest BCUT2D eigenvalue weighted by molar-refractivity contribution is -0.154. The van der Waals surface area contributed by atoms with Crippen LogP contribution >= 0.6 is 0 Å². The van der Waals surface area contributed by atoms with Gasteiger partial charge in [-0.15, -0.1) is 0 Å². The molecular formula is C16H29NO6. The predicted octanol–water partition coefficient (Wildman–Crippen LogP) is 2.14. The molecule has 134 valence electrons. The molecule has 1 aliphatic rings. The lowest BCUT2D eigenvalue weighted by Crippen LogP contribution is -2.48. The third-order valence-electron chi connectivity index (χ3n) is 3.19. The molecule has 7 nitrogen and oxygen atoms in total. The summed E-state index contributed by atoms with van der Waals surface area (Å²) >= 11 is 0. The number of hydrogen-bond acceptors (Lipinski definition) is 5. The molecule has 0 saturated carbocycles. The highest BCUT2D eigenvalue weighted by molar-refractivity contribution is 5.75. The van der Waals surface area contributed by atoms with Crippen molar-refractivity contribution in [3.63, 3.8) is 0 Å². The van der Waals surface area contributed by atoms with E-state index in [0.29, 0.717) is 12.5 Å². The molecule has 1 aliphatic heterocycles. The van der Waals surface area contributed by atoms with E-state index in [0.717, 1.165) is 0 Å². The zero-order valence-corrected chi connectivity index (χ0v) is 14.9. The number of carboxylic acids is 1. The Labute approximate surface area is 137 Å². The molecule has 1 fully saturated rings. The lowest BCUT2D eigenvalue weighted by atomic mass is 10.1. The molecule has 23 heavy (non-hydrogen) atoms. The summed E-state index contributed by atoms with van der Waals surface area (Å²) in [6.45, 7) is 11.9. The van der Waals surface area contributed by atoms with E-state index in [1.807, 2.05) is 20.8 Å². The van der Waals surface area contributed by atoms with Gasteiger partial charge in [0.25, 0.3) is 0 Å². The SMILES string of the molecule is CC(C)COC1(C)COC(C(=O)O)CN(C(=O)OC(C)(C)C)C1. The Morgan fingerprint density at radius 3 is 2.48 bits per heavy atom. The van der Waals surface area contributed by atoms with Gasteiger partial charge in [0, 0.05) is 6.61 Å². The summed E-state index contributed by atoms with van der Waals surface area (Å²) in [7, 11) is 0. The zero-order valence-electron chi connectivity index (χ0n) is 14.9. The monoisotopic (exact) mass is 331 g/mol. The van der Waals surface area contributed by atoms with Crippen molar-refractivity contribution in [3.8, 4) is 0 Å². The van der Waals surface area contributed by atoms with E-state index in [4.69, 9.17) is 14.2 Å². The fraction of sp³-hybridized carbons (Fsp3) is 0.875. The second-order valence-electron chi connectivity index (χ2n) is 7.65. The standard InChI is InChI=1S/C16H29NO6/c1-11(2)8-22-16(6)9-17(14(20)23-15(3,4)5)7-12(13(18)19)21-10-16/h11-12H,7-10H2,1-6H3,(H,18,19). The Kier molecular flexibility index (Phi) is 6.41. The molecule has 0 aromatic rings. The molecule has 1 N–H and O–H groups in total. The number of carboxylic acid groups (broad SMARTS) is 1. The second-order valence-corrected chi connectivity index (χ2v) is 7.65. The summed E-state index contributed by atoms with van der Waals surface area (Å²) in [5.41, 5.74) is -1.43. The topological polar surface area (TPSA) is 85.3 Å². The predicted molar refractivity (Wildman–Crippen MR) is 84.4 cm³/mol. The van der Waals surface area contributed by atoms with Gasteiger partial charge in [-0.05, 0) is 33.6 Å². The number of carbonyl (C=O) groups is 2. The average molecular weight is 331 g/mol. The first-order valence-corrected chi connectivity index (χ1v) is 7.88. The fourth-order valence-corrected chi connectivity index (χ4v) is 2.11. The van der Waals surface area contributed by atoms with Crippen LogP contribution in [0.15, 0.2) is 0 Å². The summed E-state index contributed by atoms with van der Waals surface area (Å²) in [6.07, 6.45) is -1.65. The number of rotatable bonds is 4. The molecule has 0 bridgehead atoms. The normalized spacial score (nSPS) is 26.0. The van der Waals surface area contributed by atoms with Gasteiger partial charge in [0.1, 0.15) is 11.2 Å². The molecule has 1 saturated heterocycles. The smallest absolute Gasteiger partial charge is 0.410 e. The summed E-state index contributed by atoms with van der Waals surface area (Å²) in [5, 5.41) is 9.24. The van der Waals surface area contributed by atoms with Gasteiger partial charge in [-0.25, -0.2) is 9.59 Å². The van der Waals surface area contributed by atoms with E-state index in [2.05, 4.69) is 0 Å². The first-order chi connectivity index (χ1) is 10.4. The zero-order chi connectivity index (χ0) is 17.8. The highest BCUT2D eigenvalue weighted by Crippen LogP contribution is 2.22. The largest absolute Gasteiger partial charge is 0.479 e. The van der Waals surface area contributed by atoms with Crippen LogP contribution in [-0.4, -0.2) is 65.7 Å². The summed E-state index contributed by atoms with van der Waals surface area (Å²) in [4.78, 5) is 25.0. The van der Waals surface area contributed by atoms with Gasteiger partial charge in [-0.2, -0.15) is 0 Å². The lowest BCUT2D eigenvalue weighted by Gasteiger charge is -2.33. The van der Waals surface area contributed by atoms with Crippen molar-refractivity contribution < 1.29 is 28.9 Å². The van der Waals surface area contributed by atoms with Crippen LogP contribution in [0.25, 0.3) is 0 Å². The minimum absolute atomic E-state index is 0.0646. The van der Waals surface area contributed by atoms with Gasteiger partial charge in [0.15, 0.2) is 6.10 Å². The van der Waals surface area contributed by atoms with E-state index in [1.54, 1.807) is 20.8 Å². The van der Waals surface area contributed by atoms with E-state index < -0.39 is 29.4 Å². The van der Waals surface area contributed by atoms with Crippen molar-refractivity contribution in [2.24, 2.45) is 5.92 Å². The average Bonchev–Trinajstić information content (AvgIpc) is 2.55. The summed E-state index contributed by atoms with van der Waals surface area (Å²) in [5.74, 6) is -0.785. The van der Waals surface area contributed by atoms with Crippen LogP contribution in [0.5, 0.6) is 0 Å². The molecule has 2 unspecified atom stereocenters. The van der Waals surface area contributed by atoms with Crippen molar-refractivity contribution in [2.45, 2.75) is 58.8 Å². The minimum atomic E-state index is -1.10. The van der Waals surface area contributed by atoms with E-state index in [-0.39, 0.29) is 19.7 Å². The van der Waals surface area contributed by atoms with Crippen LogP contribution in [0.4, 0.5) is 4.79 Å². The molecule has 0 radical (unpaired) electrons. The number of hydrogen-bond donors (Lipinski definition) is 1. The van der Waals surface area contributed by atoms with E-state index in [9.17, 15) is 14.7 Å². The maximum absolute atomic E-state index is 12.4. The third kappa shape index (κ3) is 6.74. The van der Waals surface area contributed by atoms with Crippen LogP contribution in [0.3, 0.4) is 0 Å². The summed E-state index contributed by atoms with van der Waals surface area (Å²) in [6, 6.07) is 0. The van der Waals surface area contributed by atoms with E-state index >= 15 is 0 Å². The van der Waals surface area contributed by atoms with Gasteiger partial charge in [0.05, 0.1) is 19.7 Å². The van der Waals surface area contributed by atoms with Crippen LogP contribution < -0.4 is 0 Å². The molecule has 7 heteroatoms. The van der Waals surface area contributed by atoms with Crippen LogP contribution in [0, 0.1) is 5.92 Å². The Morgan fingerprint density at radius 2 is 2.00 bits per heavy atom. The quantitative estimate of drug-likeness (QED) is 0.849. The fourth-order valence-electron chi connectivity index (χ4n) is 2.11. The Bertz CT molecular complexity index is 431. The molecule has 0 aromatic carbocycles. The number of amides is 1. The molecule has 0 spiro atoms. The Balaban J connectivity index is 2.90. The van der Waals surface area contributed by atoms with E-state index in [1.165, 1.54) is 4.90 Å². The Morgan fingerprint density at radius 1 is 1.39 bits per heavy atom. The van der Waals surface area contributed by atoms with Crippen molar-refractivity contribution >= 4 is 12.1 Å². The molecular weight excluding hydrogens is 302 g/mol. The maximum Gasteiger partial charge on any atom is 0.410 e. The number of aliphatic carboxylic acids is 1. The van der Waals surface area contributed by atoms with Gasteiger partial charge >= 0.3 is 12.1 Å². The first-order valence-electron chi connectivity index (χ1n) is 7.88.